The Kier molecular flexibility index (Phi) is 2.80. The first-order valence-electron chi connectivity index (χ1n) is 6.24. The third-order valence-electron chi connectivity index (χ3n) is 3.54. The molecule has 4 heteroatoms. The van der Waals surface area contributed by atoms with Crippen molar-refractivity contribution in [2.45, 2.75) is 26.6 Å². The minimum Gasteiger partial charge on any atom is -0.507 e. The molecule has 0 unspecified atom stereocenters. The van der Waals surface area contributed by atoms with Gasteiger partial charge in [0.25, 0.3) is 0 Å². The molecule has 4 nitrogen and oxygen atoms in total. The number of fused-ring (bicyclic) bond motifs is 1. The highest BCUT2D eigenvalue weighted by atomic mass is 16.3. The number of aryl methyl sites for hydroxylation is 1. The summed E-state index contributed by atoms with van der Waals surface area (Å²) in [5.74, 6) is 1.53. The molecule has 2 aromatic rings. The van der Waals surface area contributed by atoms with E-state index >= 15 is 0 Å². The average Bonchev–Trinajstić information content (AvgIpc) is 2.82. The van der Waals surface area contributed by atoms with Crippen LogP contribution in [-0.2, 0) is 19.6 Å². The van der Waals surface area contributed by atoms with E-state index in [0.717, 1.165) is 43.1 Å². The number of para-hydroxylation sites is 1. The van der Waals surface area contributed by atoms with Gasteiger partial charge in [-0.1, -0.05) is 18.2 Å². The number of hydrogen-bond acceptors (Lipinski definition) is 3. The van der Waals surface area contributed by atoms with Crippen LogP contribution in [0, 0.1) is 6.92 Å². The van der Waals surface area contributed by atoms with E-state index in [-0.39, 0.29) is 0 Å². The number of rotatable bonds is 2. The zero-order valence-electron chi connectivity index (χ0n) is 10.5. The van der Waals surface area contributed by atoms with Crippen molar-refractivity contribution in [1.29, 1.82) is 0 Å². The Morgan fingerprint density at radius 2 is 2.22 bits per heavy atom. The van der Waals surface area contributed by atoms with Crippen LogP contribution in [0.4, 0.5) is 0 Å². The molecule has 0 fully saturated rings. The lowest BCUT2D eigenvalue weighted by atomic mass is 10.1. The smallest absolute Gasteiger partial charge is 0.122 e. The standard InChI is InChI=1S/C14H17N3O/c1-11-3-2-4-12(14(11)18)9-16-7-8-17-6-5-15-13(17)10-16/h2-6,18H,7-10H2,1H3. The van der Waals surface area contributed by atoms with E-state index in [4.69, 9.17) is 0 Å². The van der Waals surface area contributed by atoms with Crippen LogP contribution in [0.3, 0.4) is 0 Å². The fourth-order valence-electron chi connectivity index (χ4n) is 2.45. The molecule has 18 heavy (non-hydrogen) atoms. The quantitative estimate of drug-likeness (QED) is 0.876. The second-order valence-electron chi connectivity index (χ2n) is 4.83. The first kappa shape index (κ1) is 11.3. The number of phenolic OH excluding ortho intramolecular Hbond substituents is 1. The highest BCUT2D eigenvalue weighted by molar-refractivity contribution is 5.39. The van der Waals surface area contributed by atoms with Gasteiger partial charge in [-0.25, -0.2) is 4.98 Å². The summed E-state index contributed by atoms with van der Waals surface area (Å²) in [5.41, 5.74) is 1.93. The van der Waals surface area contributed by atoms with Gasteiger partial charge in [0.05, 0.1) is 6.54 Å². The minimum absolute atomic E-state index is 0.423. The Labute approximate surface area is 107 Å². The van der Waals surface area contributed by atoms with Gasteiger partial charge in [-0.15, -0.1) is 0 Å². The highest BCUT2D eigenvalue weighted by Crippen LogP contribution is 2.24. The molecule has 1 aromatic carbocycles. The molecule has 94 valence electrons. The Morgan fingerprint density at radius 3 is 3.11 bits per heavy atom. The SMILES string of the molecule is Cc1cccc(CN2CCn3ccnc3C2)c1O. The fraction of sp³-hybridized carbons (Fsp3) is 0.357. The van der Waals surface area contributed by atoms with Gasteiger partial charge in [-0.2, -0.15) is 0 Å². The van der Waals surface area contributed by atoms with Crippen LogP contribution in [-0.4, -0.2) is 26.1 Å². The molecule has 1 aromatic heterocycles. The summed E-state index contributed by atoms with van der Waals surface area (Å²) in [4.78, 5) is 6.66. The van der Waals surface area contributed by atoms with Crippen molar-refractivity contribution in [3.63, 3.8) is 0 Å². The predicted molar refractivity (Wildman–Crippen MR) is 69.2 cm³/mol. The van der Waals surface area contributed by atoms with E-state index in [1.165, 1.54) is 0 Å². The molecule has 1 N–H and O–H groups in total. The normalized spacial score (nSPS) is 15.6. The molecule has 0 saturated carbocycles. The maximum absolute atomic E-state index is 10.0. The first-order valence-corrected chi connectivity index (χ1v) is 6.24. The van der Waals surface area contributed by atoms with Gasteiger partial charge >= 0.3 is 0 Å². The summed E-state index contributed by atoms with van der Waals surface area (Å²) in [5, 5.41) is 10.0. The van der Waals surface area contributed by atoms with Crippen molar-refractivity contribution in [1.82, 2.24) is 14.5 Å². The number of aromatic hydroxyl groups is 1. The summed E-state index contributed by atoms with van der Waals surface area (Å²) in [6, 6.07) is 5.92. The molecular formula is C14H17N3O. The zero-order chi connectivity index (χ0) is 12.5. The first-order chi connectivity index (χ1) is 8.74. The van der Waals surface area contributed by atoms with Crippen LogP contribution in [0.25, 0.3) is 0 Å². The number of nitrogens with zero attached hydrogens (tertiary/aromatic N) is 3. The second-order valence-corrected chi connectivity index (χ2v) is 4.83. The van der Waals surface area contributed by atoms with Gasteiger partial charge in [-0.05, 0) is 12.5 Å². The second kappa shape index (κ2) is 4.46. The summed E-state index contributed by atoms with van der Waals surface area (Å²) in [7, 11) is 0. The van der Waals surface area contributed by atoms with Gasteiger partial charge in [0.2, 0.25) is 0 Å². The van der Waals surface area contributed by atoms with Crippen LogP contribution >= 0.6 is 0 Å². The largest absolute Gasteiger partial charge is 0.507 e. The summed E-state index contributed by atoms with van der Waals surface area (Å²) >= 11 is 0. The average molecular weight is 243 g/mol. The summed E-state index contributed by atoms with van der Waals surface area (Å²) in [6.45, 7) is 5.53. The van der Waals surface area contributed by atoms with E-state index in [1.807, 2.05) is 37.5 Å². The molecule has 0 aliphatic carbocycles. The predicted octanol–water partition coefficient (Wildman–Crippen LogP) is 1.91. The van der Waals surface area contributed by atoms with Crippen LogP contribution in [0.2, 0.25) is 0 Å². The number of benzene rings is 1. The topological polar surface area (TPSA) is 41.3 Å². The molecular weight excluding hydrogens is 226 g/mol. The van der Waals surface area contributed by atoms with E-state index in [0.29, 0.717) is 5.75 Å². The molecule has 0 radical (unpaired) electrons. The van der Waals surface area contributed by atoms with Crippen LogP contribution in [0.15, 0.2) is 30.6 Å². The van der Waals surface area contributed by atoms with Crippen molar-refractivity contribution in [3.05, 3.63) is 47.5 Å². The van der Waals surface area contributed by atoms with Crippen molar-refractivity contribution in [2.75, 3.05) is 6.54 Å². The van der Waals surface area contributed by atoms with Gasteiger partial charge in [0.15, 0.2) is 0 Å². The van der Waals surface area contributed by atoms with E-state index in [2.05, 4.69) is 14.5 Å². The Hall–Kier alpha value is -1.81. The third-order valence-corrected chi connectivity index (χ3v) is 3.54. The number of imidazole rings is 1. The molecule has 0 spiro atoms. The van der Waals surface area contributed by atoms with Crippen LogP contribution in [0.5, 0.6) is 5.75 Å². The highest BCUT2D eigenvalue weighted by Gasteiger charge is 2.17. The molecule has 0 saturated heterocycles. The van der Waals surface area contributed by atoms with E-state index < -0.39 is 0 Å². The number of aromatic nitrogens is 2. The Bertz CT molecular complexity index is 562. The van der Waals surface area contributed by atoms with Gasteiger partial charge in [0.1, 0.15) is 11.6 Å². The lowest BCUT2D eigenvalue weighted by Crippen LogP contribution is -2.33. The number of hydrogen-bond donors (Lipinski definition) is 1. The summed E-state index contributed by atoms with van der Waals surface area (Å²) < 4.78 is 2.19. The Balaban J connectivity index is 1.77. The Morgan fingerprint density at radius 1 is 1.33 bits per heavy atom. The summed E-state index contributed by atoms with van der Waals surface area (Å²) in [6.07, 6.45) is 3.87. The van der Waals surface area contributed by atoms with Gasteiger partial charge < -0.3 is 9.67 Å². The molecule has 0 bridgehead atoms. The van der Waals surface area contributed by atoms with Gasteiger partial charge in [-0.3, -0.25) is 4.90 Å². The number of phenols is 1. The maximum atomic E-state index is 10.0. The molecule has 2 heterocycles. The van der Waals surface area contributed by atoms with Crippen molar-refractivity contribution >= 4 is 0 Å². The van der Waals surface area contributed by atoms with E-state index in [9.17, 15) is 5.11 Å². The van der Waals surface area contributed by atoms with Crippen LogP contribution in [0.1, 0.15) is 17.0 Å². The van der Waals surface area contributed by atoms with Gasteiger partial charge in [0, 0.05) is 37.6 Å². The lowest BCUT2D eigenvalue weighted by molar-refractivity contribution is 0.206. The van der Waals surface area contributed by atoms with Crippen LogP contribution < -0.4 is 0 Å². The fourth-order valence-corrected chi connectivity index (χ4v) is 2.45. The van der Waals surface area contributed by atoms with E-state index in [1.54, 1.807) is 0 Å². The third kappa shape index (κ3) is 1.99. The lowest BCUT2D eigenvalue weighted by Gasteiger charge is -2.27. The zero-order valence-corrected chi connectivity index (χ0v) is 10.5. The van der Waals surface area contributed by atoms with Crippen molar-refractivity contribution in [3.8, 4) is 5.75 Å². The maximum Gasteiger partial charge on any atom is 0.122 e. The molecule has 0 atom stereocenters. The minimum atomic E-state index is 0.423. The molecule has 1 aliphatic heterocycles. The van der Waals surface area contributed by atoms with Crippen molar-refractivity contribution in [2.24, 2.45) is 0 Å². The molecule has 3 rings (SSSR count). The monoisotopic (exact) mass is 243 g/mol. The molecule has 0 amide bonds. The van der Waals surface area contributed by atoms with Crippen molar-refractivity contribution < 1.29 is 5.11 Å². The molecule has 1 aliphatic rings.